The lowest BCUT2D eigenvalue weighted by Gasteiger charge is -2.19. The highest BCUT2D eigenvalue weighted by molar-refractivity contribution is 5.71. The SMILES string of the molecule is CC(C)(C)OC(=O)N1C[C@@H]1Cc1ccccc1. The van der Waals surface area contributed by atoms with Crippen molar-refractivity contribution in [1.29, 1.82) is 0 Å². The van der Waals surface area contributed by atoms with E-state index in [-0.39, 0.29) is 6.09 Å². The Morgan fingerprint density at radius 1 is 1.35 bits per heavy atom. The lowest BCUT2D eigenvalue weighted by atomic mass is 10.1. The van der Waals surface area contributed by atoms with Crippen molar-refractivity contribution in [3.05, 3.63) is 35.9 Å². The van der Waals surface area contributed by atoms with Crippen LogP contribution in [0.15, 0.2) is 30.3 Å². The van der Waals surface area contributed by atoms with E-state index >= 15 is 0 Å². The molecule has 0 bridgehead atoms. The summed E-state index contributed by atoms with van der Waals surface area (Å²) in [5, 5.41) is 0. The molecule has 1 heterocycles. The molecule has 17 heavy (non-hydrogen) atoms. The van der Waals surface area contributed by atoms with E-state index in [1.54, 1.807) is 4.90 Å². The number of amides is 1. The van der Waals surface area contributed by atoms with Gasteiger partial charge in [0.1, 0.15) is 5.60 Å². The molecule has 0 N–H and O–H groups in total. The van der Waals surface area contributed by atoms with Crippen molar-refractivity contribution in [2.45, 2.75) is 38.8 Å². The first kappa shape index (κ1) is 12.0. The van der Waals surface area contributed by atoms with E-state index in [4.69, 9.17) is 4.74 Å². The van der Waals surface area contributed by atoms with Crippen LogP contribution in [0, 0.1) is 0 Å². The Morgan fingerprint density at radius 3 is 2.59 bits per heavy atom. The van der Waals surface area contributed by atoms with Crippen LogP contribution in [0.5, 0.6) is 0 Å². The van der Waals surface area contributed by atoms with Crippen LogP contribution in [0.4, 0.5) is 4.79 Å². The molecule has 92 valence electrons. The topological polar surface area (TPSA) is 29.3 Å². The van der Waals surface area contributed by atoms with Crippen LogP contribution < -0.4 is 0 Å². The van der Waals surface area contributed by atoms with Crippen LogP contribution in [0.1, 0.15) is 26.3 Å². The number of ether oxygens (including phenoxy) is 1. The van der Waals surface area contributed by atoms with E-state index < -0.39 is 5.60 Å². The van der Waals surface area contributed by atoms with E-state index in [0.717, 1.165) is 13.0 Å². The van der Waals surface area contributed by atoms with Gasteiger partial charge < -0.3 is 9.64 Å². The maximum atomic E-state index is 11.7. The molecule has 1 aliphatic heterocycles. The van der Waals surface area contributed by atoms with Crippen LogP contribution in [0.2, 0.25) is 0 Å². The molecule has 0 spiro atoms. The van der Waals surface area contributed by atoms with Crippen molar-refractivity contribution < 1.29 is 9.53 Å². The van der Waals surface area contributed by atoms with E-state index in [9.17, 15) is 4.79 Å². The molecule has 1 aromatic rings. The molecule has 0 aromatic heterocycles. The Kier molecular flexibility index (Phi) is 3.09. The quantitative estimate of drug-likeness (QED) is 0.735. The summed E-state index contributed by atoms with van der Waals surface area (Å²) in [5.74, 6) is 0. The van der Waals surface area contributed by atoms with Crippen LogP contribution in [0.25, 0.3) is 0 Å². The minimum Gasteiger partial charge on any atom is -0.444 e. The third kappa shape index (κ3) is 3.48. The number of benzene rings is 1. The summed E-state index contributed by atoms with van der Waals surface area (Å²) in [6, 6.07) is 10.5. The van der Waals surface area contributed by atoms with Gasteiger partial charge in [0.2, 0.25) is 0 Å². The van der Waals surface area contributed by atoms with E-state index in [0.29, 0.717) is 6.04 Å². The molecule has 1 fully saturated rings. The van der Waals surface area contributed by atoms with Gasteiger partial charge in [0.25, 0.3) is 0 Å². The fraction of sp³-hybridized carbons (Fsp3) is 0.500. The normalized spacial score (nSPS) is 19.0. The zero-order valence-corrected chi connectivity index (χ0v) is 10.6. The summed E-state index contributed by atoms with van der Waals surface area (Å²) < 4.78 is 5.32. The summed E-state index contributed by atoms with van der Waals surface area (Å²) in [7, 11) is 0. The molecule has 1 amide bonds. The first-order valence-electron chi connectivity index (χ1n) is 5.99. The third-order valence-corrected chi connectivity index (χ3v) is 2.66. The predicted molar refractivity (Wildman–Crippen MR) is 66.9 cm³/mol. The van der Waals surface area contributed by atoms with Crippen molar-refractivity contribution in [1.82, 2.24) is 4.90 Å². The average Bonchev–Trinajstić information content (AvgIpc) is 2.96. The molecule has 0 unspecified atom stereocenters. The van der Waals surface area contributed by atoms with Gasteiger partial charge in [0, 0.05) is 6.54 Å². The number of nitrogens with zero attached hydrogens (tertiary/aromatic N) is 1. The van der Waals surface area contributed by atoms with Gasteiger partial charge in [-0.05, 0) is 32.8 Å². The molecule has 0 aliphatic carbocycles. The van der Waals surface area contributed by atoms with Crippen molar-refractivity contribution >= 4 is 6.09 Å². The molecule has 1 aliphatic rings. The molecular formula is C14H19NO2. The van der Waals surface area contributed by atoms with Gasteiger partial charge in [-0.3, -0.25) is 0 Å². The standard InChI is InChI=1S/C14H19NO2/c1-14(2,3)17-13(16)15-10-12(15)9-11-7-5-4-6-8-11/h4-8,12H,9-10H2,1-3H3/t12-,15?/m0/s1. The molecule has 3 nitrogen and oxygen atoms in total. The number of carbonyl (C=O) groups excluding carboxylic acids is 1. The van der Waals surface area contributed by atoms with Gasteiger partial charge in [0.05, 0.1) is 6.04 Å². The van der Waals surface area contributed by atoms with Crippen LogP contribution in [-0.2, 0) is 11.2 Å². The number of hydrogen-bond acceptors (Lipinski definition) is 2. The molecule has 1 atom stereocenters. The first-order chi connectivity index (χ1) is 7.96. The lowest BCUT2D eigenvalue weighted by Crippen LogP contribution is -2.28. The highest BCUT2D eigenvalue weighted by Gasteiger charge is 2.40. The fourth-order valence-corrected chi connectivity index (χ4v) is 1.78. The molecule has 1 aromatic carbocycles. The highest BCUT2D eigenvalue weighted by atomic mass is 16.6. The zero-order valence-electron chi connectivity index (χ0n) is 10.6. The Labute approximate surface area is 102 Å². The largest absolute Gasteiger partial charge is 0.444 e. The van der Waals surface area contributed by atoms with Crippen molar-refractivity contribution in [2.75, 3.05) is 6.54 Å². The van der Waals surface area contributed by atoms with Gasteiger partial charge in [-0.1, -0.05) is 30.3 Å². The van der Waals surface area contributed by atoms with Gasteiger partial charge in [0.15, 0.2) is 0 Å². The smallest absolute Gasteiger partial charge is 0.410 e. The summed E-state index contributed by atoms with van der Waals surface area (Å²) in [4.78, 5) is 13.5. The number of hydrogen-bond donors (Lipinski definition) is 0. The van der Waals surface area contributed by atoms with E-state index in [1.165, 1.54) is 5.56 Å². The van der Waals surface area contributed by atoms with Crippen LogP contribution >= 0.6 is 0 Å². The molecule has 1 saturated heterocycles. The first-order valence-corrected chi connectivity index (χ1v) is 5.99. The van der Waals surface area contributed by atoms with E-state index in [1.807, 2.05) is 39.0 Å². The Hall–Kier alpha value is -1.51. The number of rotatable bonds is 2. The van der Waals surface area contributed by atoms with Crippen LogP contribution in [-0.4, -0.2) is 29.2 Å². The minimum atomic E-state index is -0.406. The summed E-state index contributed by atoms with van der Waals surface area (Å²) >= 11 is 0. The van der Waals surface area contributed by atoms with Crippen LogP contribution in [0.3, 0.4) is 0 Å². The molecule has 2 rings (SSSR count). The Balaban J connectivity index is 1.83. The van der Waals surface area contributed by atoms with Crippen molar-refractivity contribution in [3.63, 3.8) is 0 Å². The monoisotopic (exact) mass is 233 g/mol. The highest BCUT2D eigenvalue weighted by Crippen LogP contribution is 2.24. The molecule has 3 heteroatoms. The maximum absolute atomic E-state index is 11.7. The predicted octanol–water partition coefficient (Wildman–Crippen LogP) is 2.85. The summed E-state index contributed by atoms with van der Waals surface area (Å²) in [6.07, 6.45) is 0.721. The van der Waals surface area contributed by atoms with Gasteiger partial charge in [-0.25, -0.2) is 4.79 Å². The maximum Gasteiger partial charge on any atom is 0.410 e. The third-order valence-electron chi connectivity index (χ3n) is 2.66. The van der Waals surface area contributed by atoms with Crippen molar-refractivity contribution in [2.24, 2.45) is 0 Å². The van der Waals surface area contributed by atoms with Gasteiger partial charge in [-0.15, -0.1) is 0 Å². The summed E-state index contributed by atoms with van der Waals surface area (Å²) in [5.41, 5.74) is 0.861. The summed E-state index contributed by atoms with van der Waals surface area (Å²) in [6.45, 7) is 6.48. The molecule has 0 radical (unpaired) electrons. The second-order valence-electron chi connectivity index (χ2n) is 5.48. The fourth-order valence-electron chi connectivity index (χ4n) is 1.78. The van der Waals surface area contributed by atoms with Gasteiger partial charge >= 0.3 is 6.09 Å². The van der Waals surface area contributed by atoms with Gasteiger partial charge in [-0.2, -0.15) is 0 Å². The minimum absolute atomic E-state index is 0.196. The molecule has 0 saturated carbocycles. The Morgan fingerprint density at radius 2 is 2.00 bits per heavy atom. The Bertz CT molecular complexity index is 394. The molecular weight excluding hydrogens is 214 g/mol. The second kappa shape index (κ2) is 4.40. The second-order valence-corrected chi connectivity index (χ2v) is 5.48. The van der Waals surface area contributed by atoms with Crippen molar-refractivity contribution in [3.8, 4) is 0 Å². The average molecular weight is 233 g/mol. The lowest BCUT2D eigenvalue weighted by molar-refractivity contribution is 0.0407. The number of carbonyl (C=O) groups is 1. The van der Waals surface area contributed by atoms with E-state index in [2.05, 4.69) is 12.1 Å². The zero-order chi connectivity index (χ0) is 12.5.